The van der Waals surface area contributed by atoms with Gasteiger partial charge in [0.15, 0.2) is 0 Å². The number of hydrogen-bond donors (Lipinski definition) is 1. The Hall–Kier alpha value is -3.69. The largest absolute Gasteiger partial charge is 0.387 e. The van der Waals surface area contributed by atoms with Crippen LogP contribution in [0.25, 0.3) is 6.08 Å². The van der Waals surface area contributed by atoms with Crippen LogP contribution < -0.4 is 5.32 Å². The number of hydrogen-bond acceptors (Lipinski definition) is 4. The number of likely N-dealkylation sites (tertiary alicyclic amines) is 1. The van der Waals surface area contributed by atoms with Gasteiger partial charge in [0.25, 0.3) is 0 Å². The normalized spacial score (nSPS) is 12.4. The second-order valence-electron chi connectivity index (χ2n) is 8.15. The Balaban J connectivity index is 0.00000104. The first kappa shape index (κ1) is 32.3. The summed E-state index contributed by atoms with van der Waals surface area (Å²) < 4.78 is 14.3. The van der Waals surface area contributed by atoms with Crippen molar-refractivity contribution in [1.29, 1.82) is 5.26 Å². The monoisotopic (exact) mass is 491 g/mol. The van der Waals surface area contributed by atoms with Crippen LogP contribution in [0.2, 0.25) is 0 Å². The molecule has 0 amide bonds. The van der Waals surface area contributed by atoms with E-state index in [1.54, 1.807) is 19.2 Å². The van der Waals surface area contributed by atoms with Gasteiger partial charge in [-0.1, -0.05) is 18.7 Å². The molecule has 0 aliphatic carbocycles. The van der Waals surface area contributed by atoms with E-state index in [-0.39, 0.29) is 5.82 Å². The molecule has 1 fully saturated rings. The molecule has 0 unspecified atom stereocenters. The fourth-order valence-electron chi connectivity index (χ4n) is 3.46. The lowest BCUT2D eigenvalue weighted by Gasteiger charge is -2.13. The predicted molar refractivity (Wildman–Crippen MR) is 156 cm³/mol. The third-order valence-electron chi connectivity index (χ3n) is 5.59. The van der Waals surface area contributed by atoms with Gasteiger partial charge in [0.2, 0.25) is 0 Å². The number of nitrogens with zero attached hydrogens (tertiary/aromatic N) is 4. The van der Waals surface area contributed by atoms with Crippen molar-refractivity contribution in [2.75, 3.05) is 46.6 Å². The van der Waals surface area contributed by atoms with Gasteiger partial charge >= 0.3 is 0 Å². The molecule has 36 heavy (non-hydrogen) atoms. The summed E-state index contributed by atoms with van der Waals surface area (Å²) in [6.07, 6.45) is 4.88. The molecule has 0 aromatic heterocycles. The second-order valence-corrected chi connectivity index (χ2v) is 8.15. The van der Waals surface area contributed by atoms with Crippen molar-refractivity contribution >= 4 is 23.3 Å². The number of benzene rings is 2. The van der Waals surface area contributed by atoms with Crippen LogP contribution in [-0.4, -0.2) is 56.9 Å². The molecule has 2 aromatic rings. The number of aliphatic imine (C=N–C) groups is 1. The molecule has 0 spiro atoms. The van der Waals surface area contributed by atoms with Crippen LogP contribution in [0.5, 0.6) is 0 Å². The Morgan fingerprint density at radius 1 is 1.17 bits per heavy atom. The quantitative estimate of drug-likeness (QED) is 0.281. The van der Waals surface area contributed by atoms with E-state index < -0.39 is 0 Å². The van der Waals surface area contributed by atoms with Crippen molar-refractivity contribution in [3.05, 3.63) is 91.3 Å². The third-order valence-corrected chi connectivity index (χ3v) is 5.59. The molecule has 0 radical (unpaired) electrons. The van der Waals surface area contributed by atoms with Crippen LogP contribution in [0.15, 0.2) is 68.2 Å². The lowest BCUT2D eigenvalue weighted by molar-refractivity contribution is 0.418. The highest BCUT2D eigenvalue weighted by Gasteiger charge is 2.14. The Kier molecular flexibility index (Phi) is 15.9. The lowest BCUT2D eigenvalue weighted by Crippen LogP contribution is -2.17. The lowest BCUT2D eigenvalue weighted by atomic mass is 9.96. The molecule has 1 saturated heterocycles. The van der Waals surface area contributed by atoms with Crippen LogP contribution in [0.3, 0.4) is 0 Å². The number of anilines is 1. The first-order chi connectivity index (χ1) is 17.3. The van der Waals surface area contributed by atoms with Crippen molar-refractivity contribution < 1.29 is 4.39 Å². The molecule has 5 nitrogen and oxygen atoms in total. The summed E-state index contributed by atoms with van der Waals surface area (Å²) in [6, 6.07) is 10.8. The smallest absolute Gasteiger partial charge is 0.128 e. The number of nitriles is 1. The Labute approximate surface area is 218 Å². The summed E-state index contributed by atoms with van der Waals surface area (Å²) in [5, 5.41) is 12.4. The minimum absolute atomic E-state index is 0.321. The SMILES string of the molecule is C=C.C=C.C=Cc1cc(Cc2c(F)ccc(NC)c2C#N)ccc1N=C(C)N(C)C.CN1CCCC1. The molecule has 1 aliphatic heterocycles. The highest BCUT2D eigenvalue weighted by molar-refractivity contribution is 5.83. The fourth-order valence-corrected chi connectivity index (χ4v) is 3.46. The third kappa shape index (κ3) is 9.89. The zero-order valence-corrected chi connectivity index (χ0v) is 22.7. The molecule has 1 aliphatic rings. The maximum absolute atomic E-state index is 14.3. The first-order valence-electron chi connectivity index (χ1n) is 11.9. The van der Waals surface area contributed by atoms with E-state index in [0.717, 1.165) is 22.6 Å². The average molecular weight is 492 g/mol. The van der Waals surface area contributed by atoms with Gasteiger partial charge in [0.05, 0.1) is 16.9 Å². The Morgan fingerprint density at radius 2 is 1.78 bits per heavy atom. The summed E-state index contributed by atoms with van der Waals surface area (Å²) in [7, 11) is 7.75. The standard InChI is InChI=1S/C21H23FN4.C5H11N.2C2H4/c1-6-16-11-15(7-9-20(16)25-14(2)26(4)5)12-17-18(13-23)21(24-3)10-8-19(17)22;1-6-4-2-3-5-6;2*1-2/h6-11,24H,1,12H2,2-5H3;2-5H2,1H3;2*1-2H2. The molecule has 0 saturated carbocycles. The molecule has 1 N–H and O–H groups in total. The van der Waals surface area contributed by atoms with Gasteiger partial charge in [-0.25, -0.2) is 9.38 Å². The predicted octanol–water partition coefficient (Wildman–Crippen LogP) is 6.90. The summed E-state index contributed by atoms with van der Waals surface area (Å²) in [5.74, 6) is 0.492. The highest BCUT2D eigenvalue weighted by atomic mass is 19.1. The van der Waals surface area contributed by atoms with Crippen molar-refractivity contribution in [3.8, 4) is 6.07 Å². The molecule has 1 heterocycles. The molecular weight excluding hydrogens is 449 g/mol. The summed E-state index contributed by atoms with van der Waals surface area (Å²) >= 11 is 0. The Bertz CT molecular complexity index is 1030. The number of rotatable bonds is 5. The van der Waals surface area contributed by atoms with E-state index in [4.69, 9.17) is 0 Å². The molecule has 194 valence electrons. The van der Waals surface area contributed by atoms with Gasteiger partial charge in [0, 0.05) is 33.1 Å². The summed E-state index contributed by atoms with van der Waals surface area (Å²) in [4.78, 5) is 8.88. The van der Waals surface area contributed by atoms with Gasteiger partial charge in [-0.15, -0.1) is 26.3 Å². The molecular formula is C30H42FN5. The zero-order valence-electron chi connectivity index (χ0n) is 22.7. The molecule has 0 bridgehead atoms. The molecule has 2 aromatic carbocycles. The van der Waals surface area contributed by atoms with E-state index in [9.17, 15) is 9.65 Å². The van der Waals surface area contributed by atoms with Crippen LogP contribution in [0, 0.1) is 17.1 Å². The minimum Gasteiger partial charge on any atom is -0.387 e. The number of nitrogens with one attached hydrogen (secondary N) is 1. The van der Waals surface area contributed by atoms with Crippen LogP contribution in [0.4, 0.5) is 15.8 Å². The topological polar surface area (TPSA) is 54.7 Å². The summed E-state index contributed by atoms with van der Waals surface area (Å²) in [5.41, 5.74) is 3.90. The number of amidine groups is 1. The van der Waals surface area contributed by atoms with E-state index in [2.05, 4.69) is 61.2 Å². The van der Waals surface area contributed by atoms with E-state index in [1.165, 1.54) is 32.0 Å². The van der Waals surface area contributed by atoms with E-state index in [0.29, 0.717) is 23.2 Å². The van der Waals surface area contributed by atoms with Gasteiger partial charge in [0.1, 0.15) is 17.7 Å². The highest BCUT2D eigenvalue weighted by Crippen LogP contribution is 2.27. The van der Waals surface area contributed by atoms with Crippen LogP contribution in [-0.2, 0) is 6.42 Å². The minimum atomic E-state index is -0.383. The molecule has 0 atom stereocenters. The number of halogens is 1. The van der Waals surface area contributed by atoms with Gasteiger partial charge in [-0.3, -0.25) is 0 Å². The average Bonchev–Trinajstić information content (AvgIpc) is 3.39. The second kappa shape index (κ2) is 17.7. The van der Waals surface area contributed by atoms with Crippen molar-refractivity contribution in [2.24, 2.45) is 4.99 Å². The molecule has 3 rings (SSSR count). The summed E-state index contributed by atoms with van der Waals surface area (Å²) in [6.45, 7) is 20.4. The maximum Gasteiger partial charge on any atom is 0.128 e. The Morgan fingerprint density at radius 3 is 2.22 bits per heavy atom. The zero-order chi connectivity index (χ0) is 27.7. The van der Waals surface area contributed by atoms with E-state index in [1.807, 2.05) is 44.1 Å². The van der Waals surface area contributed by atoms with Gasteiger partial charge in [-0.2, -0.15) is 5.26 Å². The molecule has 6 heteroatoms. The van der Waals surface area contributed by atoms with Crippen LogP contribution >= 0.6 is 0 Å². The van der Waals surface area contributed by atoms with Crippen molar-refractivity contribution in [1.82, 2.24) is 9.80 Å². The fraction of sp³-hybridized carbons (Fsp3) is 0.333. The van der Waals surface area contributed by atoms with Gasteiger partial charge < -0.3 is 15.1 Å². The van der Waals surface area contributed by atoms with Crippen molar-refractivity contribution in [2.45, 2.75) is 26.2 Å². The maximum atomic E-state index is 14.3. The van der Waals surface area contributed by atoms with Crippen LogP contribution in [0.1, 0.15) is 42.0 Å². The van der Waals surface area contributed by atoms with E-state index >= 15 is 0 Å². The van der Waals surface area contributed by atoms with Gasteiger partial charge in [-0.05, 0) is 75.3 Å². The first-order valence-corrected chi connectivity index (χ1v) is 11.9. The van der Waals surface area contributed by atoms with Crippen molar-refractivity contribution in [3.63, 3.8) is 0 Å².